The van der Waals surface area contributed by atoms with E-state index in [0.717, 1.165) is 44.5 Å². The van der Waals surface area contributed by atoms with Gasteiger partial charge in [0, 0.05) is 48.5 Å². The van der Waals surface area contributed by atoms with Gasteiger partial charge >= 0.3 is 0 Å². The molecule has 0 spiro atoms. The fraction of sp³-hybridized carbons (Fsp3) is 0.130. The minimum atomic E-state index is -1.32. The van der Waals surface area contributed by atoms with Gasteiger partial charge < -0.3 is 14.4 Å². The molecule has 52 heavy (non-hydrogen) atoms. The zero-order valence-corrected chi connectivity index (χ0v) is 34.0. The number of hydrogen-bond acceptors (Lipinski definition) is 4. The molecule has 9 aromatic rings. The van der Waals surface area contributed by atoms with Crippen molar-refractivity contribution in [2.45, 2.75) is 39.4 Å². The standard InChI is InChI=1S/C25H18NO.C21H20NSSi.Ir/c1-17(18-7-3-2-4-8-18)19-13-14-26-23(16-19)20-11-12-25-22(15-20)21-9-5-6-10-24(21)27-25;1-14-9-11-16(18-12-10-15(13-22-18)24(2,3)4)21-20(14)17-7-5-6-8-19(17)23-21;/h2-10,12-17H,1H3;5-10,12-13H,1-4H3;/q2*-1;. The molecular weight excluding hydrogens is 849 g/mol. The van der Waals surface area contributed by atoms with Gasteiger partial charge in [-0.2, -0.15) is 11.3 Å². The van der Waals surface area contributed by atoms with Gasteiger partial charge in [0.25, 0.3) is 0 Å². The second kappa shape index (κ2) is 14.7. The van der Waals surface area contributed by atoms with E-state index in [1.54, 1.807) is 0 Å². The van der Waals surface area contributed by atoms with Crippen LogP contribution in [-0.2, 0) is 20.1 Å². The first-order valence-corrected chi connectivity index (χ1v) is 21.7. The Kier molecular flexibility index (Phi) is 10.1. The SMILES string of the molecule is CC(c1ccccc1)c1ccnc(-c2[c-]cc3oc4ccccc4c3c2)c1.Cc1c[c-]c(-c2ccc([Si](C)(C)C)cn2)c2sc3ccccc3c12.[Ir]. The molecule has 259 valence electrons. The van der Waals surface area contributed by atoms with Crippen molar-refractivity contribution in [1.82, 2.24) is 9.97 Å². The van der Waals surface area contributed by atoms with E-state index in [0.29, 0.717) is 5.92 Å². The van der Waals surface area contributed by atoms with Crippen LogP contribution in [0.15, 0.2) is 138 Å². The average molecular weight is 887 g/mol. The number of pyridine rings is 2. The van der Waals surface area contributed by atoms with Crippen molar-refractivity contribution in [3.05, 3.63) is 163 Å². The Labute approximate surface area is 323 Å². The molecule has 6 heteroatoms. The molecule has 0 fully saturated rings. The predicted molar refractivity (Wildman–Crippen MR) is 219 cm³/mol. The van der Waals surface area contributed by atoms with Crippen LogP contribution < -0.4 is 5.19 Å². The van der Waals surface area contributed by atoms with Gasteiger partial charge in [0.05, 0.1) is 13.7 Å². The van der Waals surface area contributed by atoms with Crippen LogP contribution in [0.2, 0.25) is 19.6 Å². The van der Waals surface area contributed by atoms with Crippen LogP contribution in [0.25, 0.3) is 64.6 Å². The minimum Gasteiger partial charge on any atom is -0.500 e. The first-order valence-electron chi connectivity index (χ1n) is 17.4. The van der Waals surface area contributed by atoms with Crippen LogP contribution in [0.1, 0.15) is 29.5 Å². The molecule has 9 rings (SSSR count). The molecule has 0 N–H and O–H groups in total. The van der Waals surface area contributed by atoms with Crippen molar-refractivity contribution in [1.29, 1.82) is 0 Å². The molecule has 0 saturated heterocycles. The van der Waals surface area contributed by atoms with Crippen molar-refractivity contribution >= 4 is 66.7 Å². The molecule has 0 saturated carbocycles. The maximum absolute atomic E-state index is 5.91. The van der Waals surface area contributed by atoms with Crippen molar-refractivity contribution in [2.24, 2.45) is 0 Å². The second-order valence-corrected chi connectivity index (χ2v) is 20.3. The van der Waals surface area contributed by atoms with Crippen molar-refractivity contribution < 1.29 is 24.5 Å². The molecule has 0 bridgehead atoms. The maximum atomic E-state index is 5.91. The van der Waals surface area contributed by atoms with Gasteiger partial charge in [-0.1, -0.05) is 129 Å². The van der Waals surface area contributed by atoms with Crippen LogP contribution in [0.3, 0.4) is 0 Å². The summed E-state index contributed by atoms with van der Waals surface area (Å²) in [6.07, 6.45) is 3.95. The summed E-state index contributed by atoms with van der Waals surface area (Å²) in [7, 11) is -1.32. The minimum absolute atomic E-state index is 0. The molecule has 0 amide bonds. The van der Waals surface area contributed by atoms with Gasteiger partial charge in [-0.3, -0.25) is 0 Å². The van der Waals surface area contributed by atoms with Crippen LogP contribution in [0.4, 0.5) is 0 Å². The maximum Gasteiger partial charge on any atom is 0.120 e. The van der Waals surface area contributed by atoms with Crippen molar-refractivity contribution in [2.75, 3.05) is 0 Å². The molecule has 4 heterocycles. The van der Waals surface area contributed by atoms with Crippen molar-refractivity contribution in [3.63, 3.8) is 0 Å². The van der Waals surface area contributed by atoms with Crippen LogP contribution in [-0.4, -0.2) is 18.0 Å². The summed E-state index contributed by atoms with van der Waals surface area (Å²) in [5.74, 6) is 0.312. The molecule has 0 aliphatic carbocycles. The molecule has 1 unspecified atom stereocenters. The number of para-hydroxylation sites is 1. The zero-order chi connectivity index (χ0) is 35.1. The van der Waals surface area contributed by atoms with E-state index in [1.807, 2.05) is 47.9 Å². The number of aromatic nitrogens is 2. The van der Waals surface area contributed by atoms with Gasteiger partial charge in [-0.15, -0.1) is 47.0 Å². The molecule has 0 aliphatic rings. The first-order chi connectivity index (χ1) is 24.7. The van der Waals surface area contributed by atoms with E-state index in [1.165, 1.54) is 42.0 Å². The summed E-state index contributed by atoms with van der Waals surface area (Å²) in [4.78, 5) is 9.37. The largest absolute Gasteiger partial charge is 0.500 e. The molecule has 1 radical (unpaired) electrons. The van der Waals surface area contributed by atoms with E-state index in [4.69, 9.17) is 9.40 Å². The van der Waals surface area contributed by atoms with Crippen LogP contribution in [0.5, 0.6) is 0 Å². The second-order valence-electron chi connectivity index (χ2n) is 14.2. The predicted octanol–water partition coefficient (Wildman–Crippen LogP) is 12.4. The quantitative estimate of drug-likeness (QED) is 0.128. The van der Waals surface area contributed by atoms with Gasteiger partial charge in [0.1, 0.15) is 5.58 Å². The van der Waals surface area contributed by atoms with E-state index in [9.17, 15) is 0 Å². The topological polar surface area (TPSA) is 38.9 Å². The van der Waals surface area contributed by atoms with Crippen LogP contribution in [0, 0.1) is 19.1 Å². The van der Waals surface area contributed by atoms with Crippen molar-refractivity contribution in [3.8, 4) is 22.5 Å². The molecular formula is C46H38IrN2OSSi-2. The fourth-order valence-electron chi connectivity index (χ4n) is 6.72. The Morgan fingerprint density at radius 2 is 1.44 bits per heavy atom. The summed E-state index contributed by atoms with van der Waals surface area (Å²) in [5, 5.41) is 6.30. The van der Waals surface area contributed by atoms with E-state index in [-0.39, 0.29) is 20.1 Å². The van der Waals surface area contributed by atoms with E-state index in [2.05, 4.69) is 148 Å². The third-order valence-corrected chi connectivity index (χ3v) is 12.9. The first kappa shape index (κ1) is 35.7. The Morgan fingerprint density at radius 1 is 0.692 bits per heavy atom. The summed E-state index contributed by atoms with van der Waals surface area (Å²) >= 11 is 1.84. The summed E-state index contributed by atoms with van der Waals surface area (Å²) in [5.41, 5.74) is 9.65. The normalized spacial score (nSPS) is 12.1. The number of rotatable bonds is 5. The van der Waals surface area contributed by atoms with Gasteiger partial charge in [-0.25, -0.2) is 0 Å². The van der Waals surface area contributed by atoms with Crippen LogP contribution >= 0.6 is 11.3 Å². The third kappa shape index (κ3) is 6.92. The Morgan fingerprint density at radius 3 is 2.21 bits per heavy atom. The summed E-state index contributed by atoms with van der Waals surface area (Å²) < 4.78 is 8.54. The number of fused-ring (bicyclic) bond motifs is 6. The number of furan rings is 1. The smallest absolute Gasteiger partial charge is 0.120 e. The number of benzene rings is 5. The van der Waals surface area contributed by atoms with Gasteiger partial charge in [-0.05, 0) is 56.0 Å². The van der Waals surface area contributed by atoms with Gasteiger partial charge in [0.15, 0.2) is 0 Å². The molecule has 4 aromatic heterocycles. The van der Waals surface area contributed by atoms with E-state index >= 15 is 0 Å². The van der Waals surface area contributed by atoms with Gasteiger partial charge in [0.2, 0.25) is 0 Å². The zero-order valence-electron chi connectivity index (χ0n) is 29.8. The third-order valence-electron chi connectivity index (χ3n) is 9.71. The molecule has 0 aliphatic heterocycles. The Balaban J connectivity index is 0.000000160. The molecule has 3 nitrogen and oxygen atoms in total. The number of hydrogen-bond donors (Lipinski definition) is 0. The summed E-state index contributed by atoms with van der Waals surface area (Å²) in [6.45, 7) is 11.5. The monoisotopic (exact) mass is 887 g/mol. The Bertz CT molecular complexity index is 2660. The Hall–Kier alpha value is -4.71. The summed E-state index contributed by atoms with van der Waals surface area (Å²) in [6, 6.07) is 48.9. The number of thiophene rings is 1. The fourth-order valence-corrected chi connectivity index (χ4v) is 9.04. The van der Waals surface area contributed by atoms with E-state index < -0.39 is 8.07 Å². The average Bonchev–Trinajstić information content (AvgIpc) is 3.74. The molecule has 1 atom stereocenters. The number of aryl methyl sites for hydroxylation is 1. The number of nitrogens with zero attached hydrogens (tertiary/aromatic N) is 2. The molecule has 5 aromatic carbocycles.